The van der Waals surface area contributed by atoms with Crippen LogP contribution in [0.1, 0.15) is 25.1 Å². The van der Waals surface area contributed by atoms with Gasteiger partial charge in [0, 0.05) is 17.3 Å². The van der Waals surface area contributed by atoms with E-state index in [1.165, 1.54) is 0 Å². The van der Waals surface area contributed by atoms with E-state index >= 15 is 0 Å². The summed E-state index contributed by atoms with van der Waals surface area (Å²) in [7, 11) is 0. The second kappa shape index (κ2) is 4.04. The predicted octanol–water partition coefficient (Wildman–Crippen LogP) is 1.94. The standard InChI is InChI=1S/C12H16N2O/c1-2-9(13)12(15)11-7-8-5-3-4-6-10(8)14-11/h3-7,9,12,14-15H,2,13H2,1H3/t9-,12?/m0/s1. The number of nitrogens with two attached hydrogens (primary N) is 1. The van der Waals surface area contributed by atoms with Gasteiger partial charge >= 0.3 is 0 Å². The normalized spacial score (nSPS) is 15.4. The number of fused-ring (bicyclic) bond motifs is 1. The van der Waals surface area contributed by atoms with Crippen molar-refractivity contribution in [2.24, 2.45) is 5.73 Å². The average Bonchev–Trinajstić information content (AvgIpc) is 2.70. The molecule has 0 spiro atoms. The number of para-hydroxylation sites is 1. The fourth-order valence-electron chi connectivity index (χ4n) is 1.71. The number of aromatic amines is 1. The van der Waals surface area contributed by atoms with Gasteiger partial charge in [-0.3, -0.25) is 0 Å². The lowest BCUT2D eigenvalue weighted by molar-refractivity contribution is 0.141. The molecule has 3 heteroatoms. The summed E-state index contributed by atoms with van der Waals surface area (Å²) in [5.74, 6) is 0. The minimum absolute atomic E-state index is 0.210. The molecule has 0 aliphatic rings. The maximum atomic E-state index is 9.93. The van der Waals surface area contributed by atoms with E-state index in [0.717, 1.165) is 23.0 Å². The molecule has 1 heterocycles. The summed E-state index contributed by atoms with van der Waals surface area (Å²) in [5.41, 5.74) is 7.63. The van der Waals surface area contributed by atoms with Gasteiger partial charge in [-0.2, -0.15) is 0 Å². The molecule has 2 rings (SSSR count). The Balaban J connectivity index is 2.36. The third-order valence-electron chi connectivity index (χ3n) is 2.75. The van der Waals surface area contributed by atoms with E-state index in [1.807, 2.05) is 37.3 Å². The topological polar surface area (TPSA) is 62.0 Å². The van der Waals surface area contributed by atoms with E-state index < -0.39 is 6.10 Å². The highest BCUT2D eigenvalue weighted by molar-refractivity contribution is 5.80. The molecular weight excluding hydrogens is 188 g/mol. The Morgan fingerprint density at radius 2 is 2.13 bits per heavy atom. The van der Waals surface area contributed by atoms with Crippen molar-refractivity contribution in [2.75, 3.05) is 0 Å². The van der Waals surface area contributed by atoms with E-state index in [1.54, 1.807) is 0 Å². The minimum Gasteiger partial charge on any atom is -0.385 e. The van der Waals surface area contributed by atoms with Crippen LogP contribution >= 0.6 is 0 Å². The Hall–Kier alpha value is -1.32. The Morgan fingerprint density at radius 1 is 1.40 bits per heavy atom. The molecule has 0 aliphatic heterocycles. The Labute approximate surface area is 88.9 Å². The molecule has 0 amide bonds. The summed E-state index contributed by atoms with van der Waals surface area (Å²) in [6, 6.07) is 9.69. The summed E-state index contributed by atoms with van der Waals surface area (Å²) < 4.78 is 0. The summed E-state index contributed by atoms with van der Waals surface area (Å²) >= 11 is 0. The van der Waals surface area contributed by atoms with Crippen LogP contribution in [0.5, 0.6) is 0 Å². The molecule has 0 radical (unpaired) electrons. The van der Waals surface area contributed by atoms with E-state index in [2.05, 4.69) is 4.98 Å². The molecule has 3 nitrogen and oxygen atoms in total. The van der Waals surface area contributed by atoms with Gasteiger partial charge in [0.25, 0.3) is 0 Å². The Bertz CT molecular complexity index is 417. The van der Waals surface area contributed by atoms with E-state index in [9.17, 15) is 5.11 Å². The van der Waals surface area contributed by atoms with Crippen molar-refractivity contribution in [2.45, 2.75) is 25.5 Å². The molecule has 15 heavy (non-hydrogen) atoms. The zero-order chi connectivity index (χ0) is 10.8. The second-order valence-corrected chi connectivity index (χ2v) is 3.83. The molecule has 1 aromatic carbocycles. The summed E-state index contributed by atoms with van der Waals surface area (Å²) in [6.07, 6.45) is 0.152. The summed E-state index contributed by atoms with van der Waals surface area (Å²) in [6.45, 7) is 1.97. The van der Waals surface area contributed by atoms with Crippen LogP contribution in [0.3, 0.4) is 0 Å². The van der Waals surface area contributed by atoms with Crippen LogP contribution in [0.4, 0.5) is 0 Å². The first-order valence-corrected chi connectivity index (χ1v) is 5.23. The van der Waals surface area contributed by atoms with Crippen LogP contribution in [-0.2, 0) is 0 Å². The quantitative estimate of drug-likeness (QED) is 0.715. The number of benzene rings is 1. The molecular formula is C12H16N2O. The van der Waals surface area contributed by atoms with Crippen LogP contribution in [-0.4, -0.2) is 16.1 Å². The lowest BCUT2D eigenvalue weighted by Crippen LogP contribution is -2.27. The summed E-state index contributed by atoms with van der Waals surface area (Å²) in [5, 5.41) is 11.0. The highest BCUT2D eigenvalue weighted by atomic mass is 16.3. The maximum Gasteiger partial charge on any atom is 0.109 e. The van der Waals surface area contributed by atoms with Gasteiger partial charge in [-0.25, -0.2) is 0 Å². The molecule has 0 bridgehead atoms. The summed E-state index contributed by atoms with van der Waals surface area (Å²) in [4.78, 5) is 3.18. The van der Waals surface area contributed by atoms with Crippen LogP contribution < -0.4 is 5.73 Å². The van der Waals surface area contributed by atoms with Gasteiger partial charge in [-0.05, 0) is 23.9 Å². The first kappa shape index (κ1) is 10.2. The third kappa shape index (κ3) is 1.89. The van der Waals surface area contributed by atoms with Gasteiger partial charge in [0.1, 0.15) is 6.10 Å². The molecule has 0 saturated heterocycles. The van der Waals surface area contributed by atoms with Crippen LogP contribution in [0.25, 0.3) is 10.9 Å². The SMILES string of the molecule is CC[C@H](N)C(O)c1cc2ccccc2[nH]1. The molecule has 4 N–H and O–H groups in total. The fourth-order valence-corrected chi connectivity index (χ4v) is 1.71. The van der Waals surface area contributed by atoms with Gasteiger partial charge in [-0.1, -0.05) is 25.1 Å². The van der Waals surface area contributed by atoms with Crippen molar-refractivity contribution in [1.82, 2.24) is 4.98 Å². The second-order valence-electron chi connectivity index (χ2n) is 3.83. The number of hydrogen-bond acceptors (Lipinski definition) is 2. The van der Waals surface area contributed by atoms with E-state index in [-0.39, 0.29) is 6.04 Å². The number of hydrogen-bond donors (Lipinski definition) is 3. The molecule has 2 aromatic rings. The number of aromatic nitrogens is 1. The number of rotatable bonds is 3. The lowest BCUT2D eigenvalue weighted by atomic mass is 10.1. The number of nitrogens with one attached hydrogen (secondary N) is 1. The monoisotopic (exact) mass is 204 g/mol. The van der Waals surface area contributed by atoms with Crippen LogP contribution in [0.2, 0.25) is 0 Å². The molecule has 0 aliphatic carbocycles. The molecule has 1 unspecified atom stereocenters. The zero-order valence-corrected chi connectivity index (χ0v) is 8.77. The van der Waals surface area contributed by atoms with Crippen molar-refractivity contribution in [3.63, 3.8) is 0 Å². The lowest BCUT2D eigenvalue weighted by Gasteiger charge is -2.15. The average molecular weight is 204 g/mol. The Morgan fingerprint density at radius 3 is 2.80 bits per heavy atom. The molecule has 2 atom stereocenters. The van der Waals surface area contributed by atoms with Crippen LogP contribution in [0, 0.1) is 0 Å². The van der Waals surface area contributed by atoms with Gasteiger partial charge < -0.3 is 15.8 Å². The number of aliphatic hydroxyl groups excluding tert-OH is 1. The fraction of sp³-hybridized carbons (Fsp3) is 0.333. The van der Waals surface area contributed by atoms with Crippen molar-refractivity contribution in [3.05, 3.63) is 36.0 Å². The smallest absolute Gasteiger partial charge is 0.109 e. The van der Waals surface area contributed by atoms with Crippen molar-refractivity contribution in [3.8, 4) is 0 Å². The highest BCUT2D eigenvalue weighted by Crippen LogP contribution is 2.22. The van der Waals surface area contributed by atoms with E-state index in [4.69, 9.17) is 5.73 Å². The van der Waals surface area contributed by atoms with Gasteiger partial charge in [0.05, 0.1) is 0 Å². The van der Waals surface area contributed by atoms with Crippen molar-refractivity contribution in [1.29, 1.82) is 0 Å². The number of H-pyrrole nitrogens is 1. The number of aliphatic hydroxyl groups is 1. The van der Waals surface area contributed by atoms with Gasteiger partial charge in [0.2, 0.25) is 0 Å². The Kier molecular flexibility index (Phi) is 2.75. The third-order valence-corrected chi connectivity index (χ3v) is 2.75. The molecule has 1 aromatic heterocycles. The van der Waals surface area contributed by atoms with Crippen molar-refractivity contribution < 1.29 is 5.11 Å². The highest BCUT2D eigenvalue weighted by Gasteiger charge is 2.16. The van der Waals surface area contributed by atoms with E-state index in [0.29, 0.717) is 0 Å². The zero-order valence-electron chi connectivity index (χ0n) is 8.77. The molecule has 0 saturated carbocycles. The van der Waals surface area contributed by atoms with Gasteiger partial charge in [-0.15, -0.1) is 0 Å². The largest absolute Gasteiger partial charge is 0.385 e. The minimum atomic E-state index is -0.609. The molecule has 80 valence electrons. The van der Waals surface area contributed by atoms with Crippen LogP contribution in [0.15, 0.2) is 30.3 Å². The van der Waals surface area contributed by atoms with Crippen molar-refractivity contribution >= 4 is 10.9 Å². The van der Waals surface area contributed by atoms with Gasteiger partial charge in [0.15, 0.2) is 0 Å². The predicted molar refractivity (Wildman–Crippen MR) is 61.5 cm³/mol. The first-order valence-electron chi connectivity index (χ1n) is 5.23. The maximum absolute atomic E-state index is 9.93. The molecule has 0 fully saturated rings. The first-order chi connectivity index (χ1) is 7.22.